The van der Waals surface area contributed by atoms with Gasteiger partial charge in [0.15, 0.2) is 5.13 Å². The van der Waals surface area contributed by atoms with E-state index in [0.29, 0.717) is 0 Å². The molecule has 0 atom stereocenters. The first kappa shape index (κ1) is 27.8. The van der Waals surface area contributed by atoms with Gasteiger partial charge in [-0.2, -0.15) is 5.10 Å². The average molecular weight is 476 g/mol. The standard InChI is InChI=1S/C27H49N5S/c1-5-6-7-8-9-10-11-12-13-14-15-16-17-18-19-20-21-29-26-31-24(27(2,3)4)25(33-26)32-23-28-22-30-32/h22-23H,5-21H2,1-4H3,(H,29,31). The summed E-state index contributed by atoms with van der Waals surface area (Å²) in [6.45, 7) is 9.87. The third-order valence-electron chi connectivity index (χ3n) is 6.25. The number of hydrogen-bond donors (Lipinski definition) is 1. The molecule has 2 aromatic rings. The van der Waals surface area contributed by atoms with Crippen LogP contribution in [0, 0.1) is 0 Å². The van der Waals surface area contributed by atoms with Crippen LogP contribution in [0.1, 0.15) is 136 Å². The topological polar surface area (TPSA) is 55.6 Å². The van der Waals surface area contributed by atoms with Gasteiger partial charge in [-0.1, -0.05) is 135 Å². The van der Waals surface area contributed by atoms with E-state index in [2.05, 4.69) is 43.1 Å². The SMILES string of the molecule is CCCCCCCCCCCCCCCCCCNc1nc(C(C)(C)C)c(-n2cncn2)s1. The number of hydrogen-bond acceptors (Lipinski definition) is 5. The zero-order valence-electron chi connectivity index (χ0n) is 21.9. The van der Waals surface area contributed by atoms with E-state index in [0.717, 1.165) is 22.4 Å². The first-order valence-electron chi connectivity index (χ1n) is 13.6. The van der Waals surface area contributed by atoms with Crippen LogP contribution < -0.4 is 5.32 Å². The van der Waals surface area contributed by atoms with Crippen LogP contribution in [0.5, 0.6) is 0 Å². The minimum Gasteiger partial charge on any atom is -0.361 e. The Morgan fingerprint density at radius 1 is 0.788 bits per heavy atom. The van der Waals surface area contributed by atoms with Crippen LogP contribution >= 0.6 is 11.3 Å². The molecular weight excluding hydrogens is 426 g/mol. The predicted molar refractivity (Wildman–Crippen MR) is 144 cm³/mol. The molecule has 0 saturated carbocycles. The number of rotatable bonds is 19. The van der Waals surface area contributed by atoms with Crippen LogP contribution in [0.3, 0.4) is 0 Å². The van der Waals surface area contributed by atoms with Gasteiger partial charge in [0.05, 0.1) is 5.69 Å². The molecule has 2 rings (SSSR count). The van der Waals surface area contributed by atoms with Crippen molar-refractivity contribution in [2.45, 2.75) is 136 Å². The Morgan fingerprint density at radius 3 is 1.76 bits per heavy atom. The molecule has 0 aromatic carbocycles. The second-order valence-corrected chi connectivity index (χ2v) is 11.5. The van der Waals surface area contributed by atoms with Gasteiger partial charge in [-0.05, 0) is 6.42 Å². The Morgan fingerprint density at radius 2 is 1.30 bits per heavy atom. The largest absolute Gasteiger partial charge is 0.361 e. The lowest BCUT2D eigenvalue weighted by Gasteiger charge is -2.16. The monoisotopic (exact) mass is 475 g/mol. The van der Waals surface area contributed by atoms with E-state index in [1.165, 1.54) is 103 Å². The number of thiazole rings is 1. The molecule has 1 N–H and O–H groups in total. The second-order valence-electron chi connectivity index (χ2n) is 10.5. The van der Waals surface area contributed by atoms with E-state index in [1.54, 1.807) is 24.0 Å². The first-order valence-corrected chi connectivity index (χ1v) is 14.4. The summed E-state index contributed by atoms with van der Waals surface area (Å²) in [5, 5.41) is 9.90. The summed E-state index contributed by atoms with van der Waals surface area (Å²) in [7, 11) is 0. The molecule has 2 aromatic heterocycles. The lowest BCUT2D eigenvalue weighted by Crippen LogP contribution is -2.15. The van der Waals surface area contributed by atoms with E-state index in [1.807, 2.05) is 4.68 Å². The van der Waals surface area contributed by atoms with Crippen molar-refractivity contribution < 1.29 is 0 Å². The molecule has 0 aliphatic rings. The molecule has 0 bridgehead atoms. The highest BCUT2D eigenvalue weighted by Gasteiger charge is 2.24. The molecule has 0 spiro atoms. The molecule has 0 unspecified atom stereocenters. The average Bonchev–Trinajstić information content (AvgIpc) is 3.45. The highest BCUT2D eigenvalue weighted by Crippen LogP contribution is 2.34. The Labute approximate surface area is 207 Å². The highest BCUT2D eigenvalue weighted by atomic mass is 32.1. The summed E-state index contributed by atoms with van der Waals surface area (Å²) >= 11 is 1.67. The molecule has 2 heterocycles. The van der Waals surface area contributed by atoms with Gasteiger partial charge in [0.2, 0.25) is 0 Å². The van der Waals surface area contributed by atoms with Crippen molar-refractivity contribution in [2.24, 2.45) is 0 Å². The molecule has 33 heavy (non-hydrogen) atoms. The fourth-order valence-electron chi connectivity index (χ4n) is 4.21. The fraction of sp³-hybridized carbons (Fsp3) is 0.815. The van der Waals surface area contributed by atoms with Crippen LogP contribution in [-0.4, -0.2) is 26.3 Å². The van der Waals surface area contributed by atoms with E-state index in [-0.39, 0.29) is 5.41 Å². The Hall–Kier alpha value is -1.43. The van der Waals surface area contributed by atoms with Crippen LogP contribution in [0.2, 0.25) is 0 Å². The quantitative estimate of drug-likeness (QED) is 0.206. The lowest BCUT2D eigenvalue weighted by atomic mass is 9.92. The smallest absolute Gasteiger partial charge is 0.184 e. The van der Waals surface area contributed by atoms with Crippen molar-refractivity contribution in [3.63, 3.8) is 0 Å². The van der Waals surface area contributed by atoms with E-state index >= 15 is 0 Å². The van der Waals surface area contributed by atoms with Crippen LogP contribution in [0.4, 0.5) is 5.13 Å². The van der Waals surface area contributed by atoms with Crippen molar-refractivity contribution in [2.75, 3.05) is 11.9 Å². The third-order valence-corrected chi connectivity index (χ3v) is 7.26. The molecule has 188 valence electrons. The second kappa shape index (κ2) is 16.2. The highest BCUT2D eigenvalue weighted by molar-refractivity contribution is 7.18. The Bertz CT molecular complexity index is 717. The summed E-state index contributed by atoms with van der Waals surface area (Å²) in [6, 6.07) is 0. The molecule has 0 aliphatic heterocycles. The number of nitrogens with zero attached hydrogens (tertiary/aromatic N) is 4. The van der Waals surface area contributed by atoms with Crippen molar-refractivity contribution in [3.05, 3.63) is 18.3 Å². The first-order chi connectivity index (χ1) is 16.0. The van der Waals surface area contributed by atoms with E-state index in [9.17, 15) is 0 Å². The van der Waals surface area contributed by atoms with Crippen LogP contribution in [0.15, 0.2) is 12.7 Å². The number of anilines is 1. The van der Waals surface area contributed by atoms with Gasteiger partial charge in [0.1, 0.15) is 17.7 Å². The van der Waals surface area contributed by atoms with Gasteiger partial charge in [-0.15, -0.1) is 0 Å². The molecule has 0 fully saturated rings. The third kappa shape index (κ3) is 11.5. The number of unbranched alkanes of at least 4 members (excludes halogenated alkanes) is 15. The predicted octanol–water partition coefficient (Wildman–Crippen LogP) is 8.69. The zero-order chi connectivity index (χ0) is 23.8. The molecule has 0 saturated heterocycles. The number of nitrogens with one attached hydrogen (secondary N) is 1. The van der Waals surface area contributed by atoms with Crippen molar-refractivity contribution >= 4 is 16.5 Å². The molecule has 0 amide bonds. The minimum absolute atomic E-state index is 0.0219. The zero-order valence-corrected chi connectivity index (χ0v) is 22.7. The van der Waals surface area contributed by atoms with Crippen molar-refractivity contribution in [1.82, 2.24) is 19.7 Å². The molecule has 5 nitrogen and oxygen atoms in total. The maximum absolute atomic E-state index is 4.87. The molecular formula is C27H49N5S. The van der Waals surface area contributed by atoms with Crippen molar-refractivity contribution in [1.29, 1.82) is 0 Å². The lowest BCUT2D eigenvalue weighted by molar-refractivity contribution is 0.530. The summed E-state index contributed by atoms with van der Waals surface area (Å²) in [5.41, 5.74) is 1.05. The van der Waals surface area contributed by atoms with E-state index in [4.69, 9.17) is 4.98 Å². The summed E-state index contributed by atoms with van der Waals surface area (Å²) in [4.78, 5) is 8.96. The van der Waals surface area contributed by atoms with Gasteiger partial charge >= 0.3 is 0 Å². The van der Waals surface area contributed by atoms with Gasteiger partial charge in [0.25, 0.3) is 0 Å². The molecule has 0 radical (unpaired) electrons. The summed E-state index contributed by atoms with van der Waals surface area (Å²) in [5.74, 6) is 0. The molecule has 6 heteroatoms. The maximum atomic E-state index is 4.87. The van der Waals surface area contributed by atoms with Crippen LogP contribution in [0.25, 0.3) is 5.00 Å². The minimum atomic E-state index is -0.0219. The Kier molecular flexibility index (Phi) is 13.7. The summed E-state index contributed by atoms with van der Waals surface area (Å²) < 4.78 is 1.83. The molecule has 0 aliphatic carbocycles. The number of aromatic nitrogens is 4. The van der Waals surface area contributed by atoms with Crippen molar-refractivity contribution in [3.8, 4) is 5.00 Å². The van der Waals surface area contributed by atoms with Gasteiger partial charge in [-0.25, -0.2) is 14.6 Å². The fourth-order valence-corrected chi connectivity index (χ4v) is 5.34. The summed E-state index contributed by atoms with van der Waals surface area (Å²) in [6.07, 6.45) is 25.8. The maximum Gasteiger partial charge on any atom is 0.184 e. The van der Waals surface area contributed by atoms with Crippen LogP contribution in [-0.2, 0) is 5.41 Å². The van der Waals surface area contributed by atoms with E-state index < -0.39 is 0 Å². The Balaban J connectivity index is 1.46. The van der Waals surface area contributed by atoms with Gasteiger partial charge in [0, 0.05) is 12.0 Å². The van der Waals surface area contributed by atoms with Gasteiger partial charge in [-0.3, -0.25) is 0 Å². The normalized spacial score (nSPS) is 11.9. The van der Waals surface area contributed by atoms with Gasteiger partial charge < -0.3 is 5.32 Å².